The second-order valence-corrected chi connectivity index (χ2v) is 5.53. The number of amides is 1. The van der Waals surface area contributed by atoms with Gasteiger partial charge in [-0.1, -0.05) is 6.07 Å². The first-order valence-corrected chi connectivity index (χ1v) is 6.87. The molecule has 0 fully saturated rings. The molecule has 0 spiro atoms. The van der Waals surface area contributed by atoms with Gasteiger partial charge in [0.1, 0.15) is 0 Å². The van der Waals surface area contributed by atoms with E-state index in [-0.39, 0.29) is 5.91 Å². The summed E-state index contributed by atoms with van der Waals surface area (Å²) in [5.41, 5.74) is 8.40. The highest BCUT2D eigenvalue weighted by molar-refractivity contribution is 8.00. The summed E-state index contributed by atoms with van der Waals surface area (Å²) in [7, 11) is 0. The first kappa shape index (κ1) is 10.6. The van der Waals surface area contributed by atoms with E-state index in [1.54, 1.807) is 11.8 Å². The van der Waals surface area contributed by atoms with E-state index in [2.05, 4.69) is 10.3 Å². The van der Waals surface area contributed by atoms with Gasteiger partial charge in [-0.25, -0.2) is 4.98 Å². The molecule has 6 heteroatoms. The number of hydrogen-bond acceptors (Lipinski definition) is 5. The molecule has 0 aliphatic carbocycles. The number of nitrogens with zero attached hydrogens (tertiary/aromatic N) is 1. The first-order valence-electron chi connectivity index (χ1n) is 5.00. The minimum absolute atomic E-state index is 0.0492. The molecule has 2 heterocycles. The molecular formula is C11H9N3OS2. The number of carbonyl (C=O) groups is 1. The number of thioether (sulfide) groups is 1. The first-order chi connectivity index (χ1) is 8.22. The monoisotopic (exact) mass is 263 g/mol. The number of anilines is 2. The van der Waals surface area contributed by atoms with Gasteiger partial charge in [-0.05, 0) is 12.1 Å². The molecule has 86 valence electrons. The van der Waals surface area contributed by atoms with Crippen LogP contribution in [0.1, 0.15) is 0 Å². The second-order valence-electron chi connectivity index (χ2n) is 3.62. The van der Waals surface area contributed by atoms with E-state index in [4.69, 9.17) is 5.73 Å². The number of carbonyl (C=O) groups excluding carboxylic acids is 1. The number of nitrogen functional groups attached to an aromatic ring is 1. The molecule has 0 radical (unpaired) electrons. The predicted octanol–water partition coefficient (Wildman–Crippen LogP) is 2.44. The second kappa shape index (κ2) is 4.05. The summed E-state index contributed by atoms with van der Waals surface area (Å²) < 4.78 is 0. The van der Waals surface area contributed by atoms with Crippen LogP contribution in [0.3, 0.4) is 0 Å². The maximum Gasteiger partial charge on any atom is 0.234 e. The Bertz CT molecular complexity index is 594. The van der Waals surface area contributed by atoms with Crippen molar-refractivity contribution in [2.75, 3.05) is 16.8 Å². The molecule has 17 heavy (non-hydrogen) atoms. The van der Waals surface area contributed by atoms with E-state index < -0.39 is 0 Å². The molecule has 4 nitrogen and oxygen atoms in total. The zero-order valence-electron chi connectivity index (χ0n) is 8.77. The lowest BCUT2D eigenvalue weighted by Crippen LogP contribution is -2.18. The Labute approximate surface area is 106 Å². The third kappa shape index (κ3) is 2.01. The predicted molar refractivity (Wildman–Crippen MR) is 71.3 cm³/mol. The number of hydrogen-bond donors (Lipinski definition) is 2. The van der Waals surface area contributed by atoms with Crippen molar-refractivity contribution in [3.05, 3.63) is 23.6 Å². The van der Waals surface area contributed by atoms with Gasteiger partial charge in [-0.2, -0.15) is 0 Å². The standard InChI is InChI=1S/C11H9N3OS2/c12-11-14-8(4-17-11)6-1-2-7-9(3-6)16-5-10(15)13-7/h1-4H,5H2,(H2,12,14)(H,13,15). The fraction of sp³-hybridized carbons (Fsp3) is 0.0909. The molecule has 1 aliphatic rings. The lowest BCUT2D eigenvalue weighted by Gasteiger charge is -2.16. The molecule has 0 bridgehead atoms. The van der Waals surface area contributed by atoms with Gasteiger partial charge in [0.15, 0.2) is 5.13 Å². The molecular weight excluding hydrogens is 254 g/mol. The number of nitrogens with one attached hydrogen (secondary N) is 1. The molecule has 1 amide bonds. The highest BCUT2D eigenvalue weighted by Crippen LogP contribution is 2.35. The largest absolute Gasteiger partial charge is 0.375 e. The fourth-order valence-electron chi connectivity index (χ4n) is 1.65. The van der Waals surface area contributed by atoms with Gasteiger partial charge < -0.3 is 11.1 Å². The summed E-state index contributed by atoms with van der Waals surface area (Å²) in [5, 5.41) is 5.34. The van der Waals surface area contributed by atoms with Crippen molar-refractivity contribution in [2.24, 2.45) is 0 Å². The maximum atomic E-state index is 11.2. The SMILES string of the molecule is Nc1nc(-c2ccc3c(c2)SCC(=O)N3)cs1. The topological polar surface area (TPSA) is 68.0 Å². The summed E-state index contributed by atoms with van der Waals surface area (Å²) in [6, 6.07) is 5.89. The van der Waals surface area contributed by atoms with E-state index in [9.17, 15) is 4.79 Å². The average molecular weight is 263 g/mol. The number of aromatic nitrogens is 1. The quantitative estimate of drug-likeness (QED) is 0.829. The Balaban J connectivity index is 2.01. The van der Waals surface area contributed by atoms with Gasteiger partial charge in [0, 0.05) is 15.8 Å². The van der Waals surface area contributed by atoms with Crippen LogP contribution in [0.15, 0.2) is 28.5 Å². The molecule has 0 atom stereocenters. The molecule has 0 saturated carbocycles. The van der Waals surface area contributed by atoms with Gasteiger partial charge >= 0.3 is 0 Å². The minimum Gasteiger partial charge on any atom is -0.375 e. The van der Waals surface area contributed by atoms with E-state index in [1.165, 1.54) is 11.3 Å². The Morgan fingerprint density at radius 3 is 3.06 bits per heavy atom. The highest BCUT2D eigenvalue weighted by atomic mass is 32.2. The van der Waals surface area contributed by atoms with Crippen LogP contribution in [0.2, 0.25) is 0 Å². The van der Waals surface area contributed by atoms with Gasteiger partial charge in [0.05, 0.1) is 17.1 Å². The van der Waals surface area contributed by atoms with Crippen LogP contribution in [0.4, 0.5) is 10.8 Å². The number of rotatable bonds is 1. The van der Waals surface area contributed by atoms with Crippen molar-refractivity contribution in [2.45, 2.75) is 4.90 Å². The number of thiazole rings is 1. The third-order valence-corrected chi connectivity index (χ3v) is 4.16. The van der Waals surface area contributed by atoms with Crippen LogP contribution >= 0.6 is 23.1 Å². The molecule has 3 rings (SSSR count). The Morgan fingerprint density at radius 2 is 2.29 bits per heavy atom. The Hall–Kier alpha value is -1.53. The van der Waals surface area contributed by atoms with Crippen LogP contribution in [0, 0.1) is 0 Å². The average Bonchev–Trinajstić information content (AvgIpc) is 2.75. The van der Waals surface area contributed by atoms with Crippen molar-refractivity contribution in [3.8, 4) is 11.3 Å². The molecule has 1 aromatic heterocycles. The van der Waals surface area contributed by atoms with Crippen molar-refractivity contribution >= 4 is 39.8 Å². The van der Waals surface area contributed by atoms with Gasteiger partial charge in [0.25, 0.3) is 0 Å². The normalized spacial score (nSPS) is 14.2. The lowest BCUT2D eigenvalue weighted by molar-refractivity contribution is -0.113. The number of nitrogens with two attached hydrogens (primary N) is 1. The summed E-state index contributed by atoms with van der Waals surface area (Å²) in [4.78, 5) is 16.5. The van der Waals surface area contributed by atoms with Crippen molar-refractivity contribution in [3.63, 3.8) is 0 Å². The third-order valence-electron chi connectivity index (χ3n) is 2.43. The molecule has 3 N–H and O–H groups in total. The Kier molecular flexibility index (Phi) is 2.53. The minimum atomic E-state index is 0.0492. The van der Waals surface area contributed by atoms with Crippen LogP contribution < -0.4 is 11.1 Å². The molecule has 1 aromatic carbocycles. The van der Waals surface area contributed by atoms with E-state index in [1.807, 2.05) is 23.6 Å². The van der Waals surface area contributed by atoms with E-state index in [0.29, 0.717) is 10.9 Å². The summed E-state index contributed by atoms with van der Waals surface area (Å²) in [6.45, 7) is 0. The van der Waals surface area contributed by atoms with E-state index >= 15 is 0 Å². The summed E-state index contributed by atoms with van der Waals surface area (Å²) >= 11 is 2.97. The van der Waals surface area contributed by atoms with Gasteiger partial charge in [0.2, 0.25) is 5.91 Å². The summed E-state index contributed by atoms with van der Waals surface area (Å²) in [5.74, 6) is 0.517. The highest BCUT2D eigenvalue weighted by Gasteiger charge is 2.16. The summed E-state index contributed by atoms with van der Waals surface area (Å²) in [6.07, 6.45) is 0. The number of benzene rings is 1. The molecule has 0 saturated heterocycles. The van der Waals surface area contributed by atoms with Crippen LogP contribution in [-0.2, 0) is 4.79 Å². The van der Waals surface area contributed by atoms with Crippen LogP contribution in [-0.4, -0.2) is 16.6 Å². The van der Waals surface area contributed by atoms with Crippen molar-refractivity contribution < 1.29 is 4.79 Å². The van der Waals surface area contributed by atoms with Crippen molar-refractivity contribution in [1.82, 2.24) is 4.98 Å². The molecule has 1 aliphatic heterocycles. The van der Waals surface area contributed by atoms with Gasteiger partial charge in [-0.15, -0.1) is 23.1 Å². The van der Waals surface area contributed by atoms with Gasteiger partial charge in [-0.3, -0.25) is 4.79 Å². The van der Waals surface area contributed by atoms with Crippen LogP contribution in [0.25, 0.3) is 11.3 Å². The maximum absolute atomic E-state index is 11.2. The smallest absolute Gasteiger partial charge is 0.234 e. The zero-order chi connectivity index (χ0) is 11.8. The fourth-order valence-corrected chi connectivity index (χ4v) is 3.07. The zero-order valence-corrected chi connectivity index (χ0v) is 10.4. The van der Waals surface area contributed by atoms with Crippen molar-refractivity contribution in [1.29, 1.82) is 0 Å². The van der Waals surface area contributed by atoms with E-state index in [0.717, 1.165) is 21.8 Å². The molecule has 2 aromatic rings. The molecule has 0 unspecified atom stereocenters. The Morgan fingerprint density at radius 1 is 1.41 bits per heavy atom. The lowest BCUT2D eigenvalue weighted by atomic mass is 10.1. The number of fused-ring (bicyclic) bond motifs is 1. The van der Waals surface area contributed by atoms with Crippen LogP contribution in [0.5, 0.6) is 0 Å².